The van der Waals surface area contributed by atoms with Gasteiger partial charge in [-0.15, -0.1) is 10.2 Å². The molecule has 1 N–H and O–H groups in total. The lowest BCUT2D eigenvalue weighted by molar-refractivity contribution is 0.0740. The lowest BCUT2D eigenvalue weighted by atomic mass is 10.2. The van der Waals surface area contributed by atoms with Gasteiger partial charge in [0.05, 0.1) is 11.5 Å². The molecule has 0 radical (unpaired) electrons. The number of halogens is 1. The predicted octanol–water partition coefficient (Wildman–Crippen LogP) is 1.49. The molecule has 1 fully saturated rings. The SMILES string of the molecule is CN(C(=O)c1ccc(NCc2ccccc2F)nn1)C1CCS(=O)(=O)C1. The number of sulfone groups is 1. The maximum atomic E-state index is 13.6. The second-order valence-electron chi connectivity index (χ2n) is 6.22. The van der Waals surface area contributed by atoms with E-state index in [2.05, 4.69) is 15.5 Å². The van der Waals surface area contributed by atoms with Gasteiger partial charge in [0.1, 0.15) is 11.6 Å². The first-order valence-corrected chi connectivity index (χ1v) is 9.96. The Hall–Kier alpha value is -2.55. The van der Waals surface area contributed by atoms with E-state index in [9.17, 15) is 17.6 Å². The summed E-state index contributed by atoms with van der Waals surface area (Å²) in [5.74, 6) is -0.200. The van der Waals surface area contributed by atoms with E-state index < -0.39 is 9.84 Å². The van der Waals surface area contributed by atoms with E-state index in [0.717, 1.165) is 0 Å². The normalized spacial score (nSPS) is 18.5. The van der Waals surface area contributed by atoms with Crippen LogP contribution in [0.3, 0.4) is 0 Å². The van der Waals surface area contributed by atoms with Crippen LogP contribution in [-0.2, 0) is 16.4 Å². The molecule has 7 nitrogen and oxygen atoms in total. The maximum Gasteiger partial charge on any atom is 0.274 e. The first kappa shape index (κ1) is 18.2. The maximum absolute atomic E-state index is 13.6. The van der Waals surface area contributed by atoms with Gasteiger partial charge in [0, 0.05) is 25.2 Å². The summed E-state index contributed by atoms with van der Waals surface area (Å²) in [6.45, 7) is 0.245. The van der Waals surface area contributed by atoms with Crippen LogP contribution in [-0.4, -0.2) is 54.0 Å². The third-order valence-electron chi connectivity index (χ3n) is 4.38. The van der Waals surface area contributed by atoms with Gasteiger partial charge in [0.25, 0.3) is 5.91 Å². The minimum Gasteiger partial charge on any atom is -0.364 e. The molecule has 2 heterocycles. The Labute approximate surface area is 151 Å². The van der Waals surface area contributed by atoms with Crippen LogP contribution in [0, 0.1) is 5.82 Å². The fourth-order valence-corrected chi connectivity index (χ4v) is 4.57. The average Bonchev–Trinajstić information content (AvgIpc) is 3.00. The Balaban J connectivity index is 1.62. The van der Waals surface area contributed by atoms with Crippen LogP contribution >= 0.6 is 0 Å². The van der Waals surface area contributed by atoms with Crippen LogP contribution in [0.5, 0.6) is 0 Å². The Bertz CT molecular complexity index is 902. The number of carbonyl (C=O) groups is 1. The molecule has 1 amide bonds. The third-order valence-corrected chi connectivity index (χ3v) is 6.13. The highest BCUT2D eigenvalue weighted by atomic mass is 32.2. The summed E-state index contributed by atoms with van der Waals surface area (Å²) < 4.78 is 36.7. The molecule has 1 aromatic carbocycles. The van der Waals surface area contributed by atoms with E-state index in [-0.39, 0.29) is 41.5 Å². The zero-order valence-corrected chi connectivity index (χ0v) is 15.0. The van der Waals surface area contributed by atoms with Gasteiger partial charge in [0.2, 0.25) is 0 Å². The Morgan fingerprint density at radius 2 is 2.04 bits per heavy atom. The van der Waals surface area contributed by atoms with Gasteiger partial charge < -0.3 is 10.2 Å². The molecule has 0 aliphatic carbocycles. The summed E-state index contributed by atoms with van der Waals surface area (Å²) in [4.78, 5) is 13.8. The van der Waals surface area contributed by atoms with Crippen LogP contribution in [0.4, 0.5) is 10.2 Å². The molecule has 1 aliphatic rings. The minimum atomic E-state index is -3.07. The second-order valence-corrected chi connectivity index (χ2v) is 8.45. The summed E-state index contributed by atoms with van der Waals surface area (Å²) in [6, 6.07) is 9.16. The standard InChI is InChI=1S/C17H19FN4O3S/c1-22(13-8-9-26(24,25)11-13)17(23)15-6-7-16(21-20-15)19-10-12-4-2-3-5-14(12)18/h2-7,13H,8-11H2,1H3,(H,19,21). The number of aromatic nitrogens is 2. The molecule has 138 valence electrons. The van der Waals surface area contributed by atoms with Gasteiger partial charge in [-0.1, -0.05) is 18.2 Å². The lowest BCUT2D eigenvalue weighted by Gasteiger charge is -2.22. The minimum absolute atomic E-state index is 0.0229. The first-order chi connectivity index (χ1) is 12.4. The van der Waals surface area contributed by atoms with Crippen molar-refractivity contribution in [3.63, 3.8) is 0 Å². The molecular weight excluding hydrogens is 359 g/mol. The number of nitrogens with one attached hydrogen (secondary N) is 1. The van der Waals surface area contributed by atoms with Crippen molar-refractivity contribution in [2.75, 3.05) is 23.9 Å². The van der Waals surface area contributed by atoms with Crippen molar-refractivity contribution in [3.8, 4) is 0 Å². The van der Waals surface area contributed by atoms with Crippen molar-refractivity contribution in [3.05, 3.63) is 53.5 Å². The molecule has 1 aliphatic heterocycles. The molecule has 3 rings (SSSR count). The van der Waals surface area contributed by atoms with Crippen molar-refractivity contribution in [1.82, 2.24) is 15.1 Å². The fourth-order valence-electron chi connectivity index (χ4n) is 2.80. The first-order valence-electron chi connectivity index (χ1n) is 8.14. The van der Waals surface area contributed by atoms with E-state index in [4.69, 9.17) is 0 Å². The number of benzene rings is 1. The highest BCUT2D eigenvalue weighted by molar-refractivity contribution is 7.91. The summed E-state index contributed by atoms with van der Waals surface area (Å²) in [5.41, 5.74) is 0.630. The zero-order chi connectivity index (χ0) is 18.7. The summed E-state index contributed by atoms with van der Waals surface area (Å²) >= 11 is 0. The van der Waals surface area contributed by atoms with Crippen LogP contribution in [0.15, 0.2) is 36.4 Å². The van der Waals surface area contributed by atoms with Crippen LogP contribution < -0.4 is 5.32 Å². The Morgan fingerprint density at radius 1 is 1.27 bits per heavy atom. The number of anilines is 1. The molecule has 2 aromatic rings. The average molecular weight is 378 g/mol. The highest BCUT2D eigenvalue weighted by Gasteiger charge is 2.33. The van der Waals surface area contributed by atoms with Gasteiger partial charge in [0.15, 0.2) is 15.5 Å². The molecule has 1 saturated heterocycles. The number of hydrogen-bond acceptors (Lipinski definition) is 6. The summed E-state index contributed by atoms with van der Waals surface area (Å²) in [7, 11) is -1.50. The summed E-state index contributed by atoms with van der Waals surface area (Å²) in [6.07, 6.45) is 0.431. The number of rotatable bonds is 5. The second kappa shape index (κ2) is 7.36. The van der Waals surface area contributed by atoms with E-state index in [1.165, 1.54) is 17.0 Å². The van der Waals surface area contributed by atoms with Crippen LogP contribution in [0.2, 0.25) is 0 Å². The van der Waals surface area contributed by atoms with Crippen molar-refractivity contribution >= 4 is 21.6 Å². The summed E-state index contributed by atoms with van der Waals surface area (Å²) in [5, 5.41) is 10.8. The third kappa shape index (κ3) is 4.16. The molecular formula is C17H19FN4O3S. The predicted molar refractivity (Wildman–Crippen MR) is 94.9 cm³/mol. The fraction of sp³-hybridized carbons (Fsp3) is 0.353. The molecule has 1 aromatic heterocycles. The smallest absolute Gasteiger partial charge is 0.274 e. The van der Waals surface area contributed by atoms with Gasteiger partial charge in [-0.3, -0.25) is 4.79 Å². The molecule has 26 heavy (non-hydrogen) atoms. The van der Waals surface area contributed by atoms with Crippen LogP contribution in [0.25, 0.3) is 0 Å². The topological polar surface area (TPSA) is 92.3 Å². The van der Waals surface area contributed by atoms with Crippen LogP contribution in [0.1, 0.15) is 22.5 Å². The number of amides is 1. The molecule has 1 unspecified atom stereocenters. The monoisotopic (exact) mass is 378 g/mol. The van der Waals surface area contributed by atoms with Gasteiger partial charge >= 0.3 is 0 Å². The zero-order valence-electron chi connectivity index (χ0n) is 14.2. The van der Waals surface area contributed by atoms with Gasteiger partial charge in [-0.05, 0) is 24.6 Å². The quantitative estimate of drug-likeness (QED) is 0.847. The van der Waals surface area contributed by atoms with Crippen molar-refractivity contribution in [2.24, 2.45) is 0 Å². The molecule has 9 heteroatoms. The molecule has 1 atom stereocenters. The van der Waals surface area contributed by atoms with Crippen molar-refractivity contribution in [2.45, 2.75) is 19.0 Å². The number of carbonyl (C=O) groups excluding carboxylic acids is 1. The number of nitrogens with zero attached hydrogens (tertiary/aromatic N) is 3. The van der Waals surface area contributed by atoms with E-state index in [1.54, 1.807) is 31.3 Å². The van der Waals surface area contributed by atoms with E-state index in [1.807, 2.05) is 0 Å². The van der Waals surface area contributed by atoms with Gasteiger partial charge in [-0.25, -0.2) is 12.8 Å². The van der Waals surface area contributed by atoms with Gasteiger partial charge in [-0.2, -0.15) is 0 Å². The largest absolute Gasteiger partial charge is 0.364 e. The van der Waals surface area contributed by atoms with Crippen molar-refractivity contribution < 1.29 is 17.6 Å². The lowest BCUT2D eigenvalue weighted by Crippen LogP contribution is -2.38. The number of hydrogen-bond donors (Lipinski definition) is 1. The Kier molecular flexibility index (Phi) is 5.17. The van der Waals surface area contributed by atoms with E-state index in [0.29, 0.717) is 17.8 Å². The Morgan fingerprint density at radius 3 is 2.65 bits per heavy atom. The molecule has 0 bridgehead atoms. The van der Waals surface area contributed by atoms with Crippen molar-refractivity contribution in [1.29, 1.82) is 0 Å². The molecule has 0 spiro atoms. The van der Waals surface area contributed by atoms with E-state index >= 15 is 0 Å². The highest BCUT2D eigenvalue weighted by Crippen LogP contribution is 2.18. The molecule has 0 saturated carbocycles.